The Labute approximate surface area is 122 Å². The number of piperidine rings is 1. The van der Waals surface area contributed by atoms with Gasteiger partial charge in [0, 0.05) is 20.2 Å². The van der Waals surface area contributed by atoms with E-state index in [1.165, 1.54) is 11.1 Å². The lowest BCUT2D eigenvalue weighted by atomic mass is 9.94. The van der Waals surface area contributed by atoms with Gasteiger partial charge in [0.1, 0.15) is 0 Å². The Balaban J connectivity index is 2.00. The van der Waals surface area contributed by atoms with Crippen molar-refractivity contribution in [1.82, 2.24) is 4.90 Å². The van der Waals surface area contributed by atoms with Gasteiger partial charge in [-0.3, -0.25) is 4.90 Å². The number of likely N-dealkylation sites (tertiary alicyclic amines) is 1. The molecule has 2 unspecified atom stereocenters. The number of nitrogens with zero attached hydrogens (tertiary/aromatic N) is 1. The largest absolute Gasteiger partial charge is 0.387 e. The maximum atomic E-state index is 10.4. The van der Waals surface area contributed by atoms with Gasteiger partial charge in [0.2, 0.25) is 0 Å². The van der Waals surface area contributed by atoms with Crippen LogP contribution in [-0.4, -0.2) is 42.4 Å². The van der Waals surface area contributed by atoms with Crippen LogP contribution in [0.3, 0.4) is 0 Å². The fourth-order valence-corrected chi connectivity index (χ4v) is 2.95. The topological polar surface area (TPSA) is 32.7 Å². The lowest BCUT2D eigenvalue weighted by molar-refractivity contribution is -0.0586. The third kappa shape index (κ3) is 3.60. The summed E-state index contributed by atoms with van der Waals surface area (Å²) in [5, 5.41) is 10.4. The van der Waals surface area contributed by atoms with Gasteiger partial charge in [-0.2, -0.15) is 0 Å². The molecule has 0 bridgehead atoms. The van der Waals surface area contributed by atoms with Gasteiger partial charge in [-0.05, 0) is 56.8 Å². The number of hydrogen-bond acceptors (Lipinski definition) is 3. The van der Waals surface area contributed by atoms with Crippen molar-refractivity contribution < 1.29 is 9.84 Å². The van der Waals surface area contributed by atoms with Crippen molar-refractivity contribution in [3.8, 4) is 0 Å². The zero-order chi connectivity index (χ0) is 14.8. The van der Waals surface area contributed by atoms with E-state index in [2.05, 4.69) is 37.8 Å². The summed E-state index contributed by atoms with van der Waals surface area (Å²) in [5.74, 6) is 0. The molecule has 112 valence electrons. The number of hydrogen-bond donors (Lipinski definition) is 1. The highest BCUT2D eigenvalue weighted by Gasteiger charge is 2.31. The molecule has 2 rings (SSSR count). The van der Waals surface area contributed by atoms with E-state index < -0.39 is 6.10 Å². The highest BCUT2D eigenvalue weighted by atomic mass is 16.5. The Morgan fingerprint density at radius 2 is 2.10 bits per heavy atom. The molecule has 3 nitrogen and oxygen atoms in total. The molecule has 1 aliphatic rings. The second-order valence-corrected chi connectivity index (χ2v) is 6.35. The molecule has 1 aromatic carbocycles. The Bertz CT molecular complexity index is 460. The molecule has 1 fully saturated rings. The van der Waals surface area contributed by atoms with E-state index in [1.54, 1.807) is 7.11 Å². The minimum atomic E-state index is -0.423. The molecule has 0 spiro atoms. The van der Waals surface area contributed by atoms with Crippen LogP contribution < -0.4 is 0 Å². The third-order valence-corrected chi connectivity index (χ3v) is 4.58. The molecule has 0 saturated carbocycles. The molecule has 1 aliphatic heterocycles. The van der Waals surface area contributed by atoms with Crippen molar-refractivity contribution in [3.05, 3.63) is 34.9 Å². The first-order valence-corrected chi connectivity index (χ1v) is 7.46. The van der Waals surface area contributed by atoms with Gasteiger partial charge in [0.25, 0.3) is 0 Å². The van der Waals surface area contributed by atoms with Crippen molar-refractivity contribution >= 4 is 0 Å². The maximum Gasteiger partial charge on any atom is 0.0917 e. The number of benzene rings is 1. The van der Waals surface area contributed by atoms with Crippen LogP contribution in [0.2, 0.25) is 0 Å². The molecule has 1 N–H and O–H groups in total. The summed E-state index contributed by atoms with van der Waals surface area (Å²) in [6.07, 6.45) is 1.80. The first kappa shape index (κ1) is 15.5. The van der Waals surface area contributed by atoms with Gasteiger partial charge in [0.05, 0.1) is 11.7 Å². The molecule has 0 aliphatic carbocycles. The standard InChI is InChI=1S/C17H27NO2/c1-13-6-7-15(10-14(13)2)16(19)11-18-9-5-8-17(3,12-18)20-4/h6-7,10,16,19H,5,8-9,11-12H2,1-4H3. The molecule has 1 aromatic rings. The van der Waals surface area contributed by atoms with Crippen molar-refractivity contribution in [2.24, 2.45) is 0 Å². The van der Waals surface area contributed by atoms with Crippen LogP contribution >= 0.6 is 0 Å². The fourth-order valence-electron chi connectivity index (χ4n) is 2.95. The van der Waals surface area contributed by atoms with Crippen molar-refractivity contribution in [1.29, 1.82) is 0 Å². The summed E-state index contributed by atoms with van der Waals surface area (Å²) in [7, 11) is 1.78. The Kier molecular flexibility index (Phi) is 4.84. The van der Waals surface area contributed by atoms with Crippen LogP contribution in [-0.2, 0) is 4.74 Å². The van der Waals surface area contributed by atoms with E-state index in [0.29, 0.717) is 6.54 Å². The summed E-state index contributed by atoms with van der Waals surface area (Å²) in [6, 6.07) is 6.22. The molecule has 2 atom stereocenters. The van der Waals surface area contributed by atoms with Gasteiger partial charge in [-0.1, -0.05) is 18.2 Å². The van der Waals surface area contributed by atoms with E-state index >= 15 is 0 Å². The van der Waals surface area contributed by atoms with Crippen LogP contribution in [0.25, 0.3) is 0 Å². The number of rotatable bonds is 4. The molecule has 3 heteroatoms. The second-order valence-electron chi connectivity index (χ2n) is 6.35. The summed E-state index contributed by atoms with van der Waals surface area (Å²) in [5.41, 5.74) is 3.45. The molecule has 0 amide bonds. The molecule has 0 radical (unpaired) electrons. The molecule has 1 saturated heterocycles. The fraction of sp³-hybridized carbons (Fsp3) is 0.647. The molecular weight excluding hydrogens is 250 g/mol. The highest BCUT2D eigenvalue weighted by molar-refractivity contribution is 5.31. The molecule has 1 heterocycles. The van der Waals surface area contributed by atoms with Crippen LogP contribution in [0.4, 0.5) is 0 Å². The number of β-amino-alcohol motifs (C(OH)–C–C–N with tert-alkyl or cyclic N) is 1. The first-order valence-electron chi connectivity index (χ1n) is 7.46. The van der Waals surface area contributed by atoms with Crippen LogP contribution in [0, 0.1) is 13.8 Å². The summed E-state index contributed by atoms with van der Waals surface area (Å²) in [4.78, 5) is 2.31. The zero-order valence-corrected chi connectivity index (χ0v) is 13.1. The predicted molar refractivity (Wildman–Crippen MR) is 82.0 cm³/mol. The summed E-state index contributed by atoms with van der Waals surface area (Å²) < 4.78 is 5.61. The lowest BCUT2D eigenvalue weighted by Crippen LogP contribution is -2.48. The smallest absolute Gasteiger partial charge is 0.0917 e. The summed E-state index contributed by atoms with van der Waals surface area (Å²) in [6.45, 7) is 8.96. The van der Waals surface area contributed by atoms with E-state index in [1.807, 2.05) is 6.07 Å². The lowest BCUT2D eigenvalue weighted by Gasteiger charge is -2.40. The van der Waals surface area contributed by atoms with Crippen molar-refractivity contribution in [2.75, 3.05) is 26.7 Å². The number of aliphatic hydroxyl groups excluding tert-OH is 1. The van der Waals surface area contributed by atoms with E-state index in [4.69, 9.17) is 4.74 Å². The molecular formula is C17H27NO2. The first-order chi connectivity index (χ1) is 9.43. The molecule has 0 aromatic heterocycles. The van der Waals surface area contributed by atoms with Crippen molar-refractivity contribution in [3.63, 3.8) is 0 Å². The zero-order valence-electron chi connectivity index (χ0n) is 13.1. The number of methoxy groups -OCH3 is 1. The number of ether oxygens (including phenoxy) is 1. The van der Waals surface area contributed by atoms with Crippen LogP contribution in [0.15, 0.2) is 18.2 Å². The van der Waals surface area contributed by atoms with Crippen LogP contribution in [0.1, 0.15) is 42.6 Å². The van der Waals surface area contributed by atoms with Gasteiger partial charge in [-0.15, -0.1) is 0 Å². The van der Waals surface area contributed by atoms with E-state index in [0.717, 1.165) is 31.5 Å². The minimum Gasteiger partial charge on any atom is -0.387 e. The Morgan fingerprint density at radius 3 is 2.75 bits per heavy atom. The Hall–Kier alpha value is -0.900. The van der Waals surface area contributed by atoms with Crippen LogP contribution in [0.5, 0.6) is 0 Å². The monoisotopic (exact) mass is 277 g/mol. The minimum absolute atomic E-state index is 0.0683. The number of aliphatic hydroxyl groups is 1. The van der Waals surface area contributed by atoms with E-state index in [-0.39, 0.29) is 5.60 Å². The highest BCUT2D eigenvalue weighted by Crippen LogP contribution is 2.26. The average molecular weight is 277 g/mol. The van der Waals surface area contributed by atoms with Gasteiger partial charge in [0.15, 0.2) is 0 Å². The SMILES string of the molecule is COC1(C)CCCN(CC(O)c2ccc(C)c(C)c2)C1. The molecule has 20 heavy (non-hydrogen) atoms. The summed E-state index contributed by atoms with van der Waals surface area (Å²) >= 11 is 0. The second kappa shape index (κ2) is 6.25. The van der Waals surface area contributed by atoms with Gasteiger partial charge < -0.3 is 9.84 Å². The normalized spacial score (nSPS) is 25.6. The average Bonchev–Trinajstić information content (AvgIpc) is 2.42. The maximum absolute atomic E-state index is 10.4. The van der Waals surface area contributed by atoms with Gasteiger partial charge >= 0.3 is 0 Å². The Morgan fingerprint density at radius 1 is 1.35 bits per heavy atom. The van der Waals surface area contributed by atoms with Crippen molar-refractivity contribution in [2.45, 2.75) is 45.3 Å². The van der Waals surface area contributed by atoms with Gasteiger partial charge in [-0.25, -0.2) is 0 Å². The number of aryl methyl sites for hydroxylation is 2. The quantitative estimate of drug-likeness (QED) is 0.918. The van der Waals surface area contributed by atoms with E-state index in [9.17, 15) is 5.11 Å². The predicted octanol–water partition coefficient (Wildman–Crippen LogP) is 2.84. The third-order valence-electron chi connectivity index (χ3n) is 4.58.